The second-order valence-electron chi connectivity index (χ2n) is 6.28. The third kappa shape index (κ3) is 5.55. The number of anilines is 1. The van der Waals surface area contributed by atoms with E-state index in [1.54, 1.807) is 37.3 Å². The molecule has 0 saturated carbocycles. The predicted octanol–water partition coefficient (Wildman–Crippen LogP) is 5.01. The van der Waals surface area contributed by atoms with Crippen molar-refractivity contribution in [1.82, 2.24) is 4.98 Å². The van der Waals surface area contributed by atoms with E-state index in [1.807, 2.05) is 0 Å². The summed E-state index contributed by atoms with van der Waals surface area (Å²) in [7, 11) is 0. The average molecular weight is 449 g/mol. The first kappa shape index (κ1) is 21.7. The lowest BCUT2D eigenvalue weighted by Gasteiger charge is -2.13. The van der Waals surface area contributed by atoms with E-state index in [9.17, 15) is 14.0 Å². The van der Waals surface area contributed by atoms with E-state index in [0.717, 1.165) is 11.3 Å². The molecule has 1 unspecified atom stereocenters. The quantitative estimate of drug-likeness (QED) is 0.514. The van der Waals surface area contributed by atoms with Gasteiger partial charge in [-0.1, -0.05) is 23.7 Å². The maximum atomic E-state index is 13.7. The smallest absolute Gasteiger partial charge is 0.351 e. The zero-order chi connectivity index (χ0) is 21.7. The summed E-state index contributed by atoms with van der Waals surface area (Å²) in [5.74, 6) is -1.27. The maximum Gasteiger partial charge on any atom is 0.351 e. The molecule has 9 heteroatoms. The molecule has 0 fully saturated rings. The van der Waals surface area contributed by atoms with E-state index in [1.165, 1.54) is 25.1 Å². The minimum absolute atomic E-state index is 0.0148. The first-order chi connectivity index (χ1) is 14.3. The minimum Gasteiger partial charge on any atom is -0.486 e. The number of carbonyl (C=O) groups is 2. The Morgan fingerprint density at radius 2 is 1.90 bits per heavy atom. The number of esters is 1. The largest absolute Gasteiger partial charge is 0.486 e. The van der Waals surface area contributed by atoms with Gasteiger partial charge >= 0.3 is 5.97 Å². The molecule has 6 nitrogen and oxygen atoms in total. The molecule has 30 heavy (non-hydrogen) atoms. The fourth-order valence-electron chi connectivity index (χ4n) is 2.44. The van der Waals surface area contributed by atoms with E-state index in [4.69, 9.17) is 21.1 Å². The van der Waals surface area contributed by atoms with Gasteiger partial charge in [0.15, 0.2) is 6.10 Å². The van der Waals surface area contributed by atoms with Crippen LogP contribution in [0.15, 0.2) is 48.5 Å². The Balaban J connectivity index is 1.58. The molecule has 2 aromatic carbocycles. The van der Waals surface area contributed by atoms with Crippen LogP contribution in [-0.2, 0) is 16.1 Å². The van der Waals surface area contributed by atoms with Crippen molar-refractivity contribution >= 4 is 40.5 Å². The lowest BCUT2D eigenvalue weighted by atomic mass is 10.3. The first-order valence-corrected chi connectivity index (χ1v) is 10.1. The summed E-state index contributed by atoms with van der Waals surface area (Å²) >= 11 is 6.96. The Hall–Kier alpha value is -2.97. The van der Waals surface area contributed by atoms with Crippen molar-refractivity contribution in [2.24, 2.45) is 0 Å². The van der Waals surface area contributed by atoms with Crippen molar-refractivity contribution in [1.29, 1.82) is 0 Å². The molecular formula is C21H18ClFN2O4S. The van der Waals surface area contributed by atoms with E-state index in [-0.39, 0.29) is 17.2 Å². The van der Waals surface area contributed by atoms with E-state index < -0.39 is 23.8 Å². The van der Waals surface area contributed by atoms with Crippen LogP contribution in [0.4, 0.5) is 10.1 Å². The number of aryl methyl sites for hydroxylation is 1. The van der Waals surface area contributed by atoms with Crippen LogP contribution in [0.1, 0.15) is 27.3 Å². The van der Waals surface area contributed by atoms with Gasteiger partial charge in [-0.2, -0.15) is 0 Å². The van der Waals surface area contributed by atoms with Crippen LogP contribution in [0, 0.1) is 12.7 Å². The topological polar surface area (TPSA) is 77.5 Å². The summed E-state index contributed by atoms with van der Waals surface area (Å²) in [5.41, 5.74) is 0.488. The summed E-state index contributed by atoms with van der Waals surface area (Å²) in [6.45, 7) is 3.25. The number of nitrogens with zero attached hydrogens (tertiary/aromatic N) is 1. The highest BCUT2D eigenvalue weighted by Crippen LogP contribution is 2.23. The van der Waals surface area contributed by atoms with Crippen molar-refractivity contribution in [2.75, 3.05) is 5.32 Å². The highest BCUT2D eigenvalue weighted by atomic mass is 35.5. The van der Waals surface area contributed by atoms with Crippen LogP contribution in [-0.4, -0.2) is 23.0 Å². The zero-order valence-electron chi connectivity index (χ0n) is 16.1. The van der Waals surface area contributed by atoms with Crippen molar-refractivity contribution < 1.29 is 23.5 Å². The molecular weight excluding hydrogens is 431 g/mol. The monoisotopic (exact) mass is 448 g/mol. The molecule has 1 aromatic heterocycles. The van der Waals surface area contributed by atoms with Gasteiger partial charge in [0.1, 0.15) is 28.1 Å². The summed E-state index contributed by atoms with van der Waals surface area (Å²) in [6.07, 6.45) is -1.12. The van der Waals surface area contributed by atoms with Crippen LogP contribution < -0.4 is 10.1 Å². The SMILES string of the molecule is Cc1nc(COc2ccc(Cl)cc2)sc1C(=O)OC(C)C(=O)Nc1ccccc1F. The number of ether oxygens (including phenoxy) is 2. The molecule has 0 bridgehead atoms. The van der Waals surface area contributed by atoms with Gasteiger partial charge in [0, 0.05) is 5.02 Å². The Bertz CT molecular complexity index is 1060. The second kappa shape index (κ2) is 9.69. The number of carbonyl (C=O) groups excluding carboxylic acids is 2. The number of hydrogen-bond donors (Lipinski definition) is 1. The standard InChI is InChI=1S/C21H18ClFN2O4S/c1-12-19(30-18(24-12)11-28-15-9-7-14(22)8-10-15)21(27)29-13(2)20(26)25-17-6-4-3-5-16(17)23/h3-10,13H,11H2,1-2H3,(H,25,26). The molecule has 1 atom stereocenters. The molecule has 0 saturated heterocycles. The normalized spacial score (nSPS) is 11.6. The van der Waals surface area contributed by atoms with Crippen LogP contribution in [0.5, 0.6) is 5.75 Å². The fourth-order valence-corrected chi connectivity index (χ4v) is 3.43. The van der Waals surface area contributed by atoms with Crippen LogP contribution >= 0.6 is 22.9 Å². The number of para-hydroxylation sites is 1. The number of benzene rings is 2. The fraction of sp³-hybridized carbons (Fsp3) is 0.190. The Morgan fingerprint density at radius 1 is 1.20 bits per heavy atom. The minimum atomic E-state index is -1.12. The molecule has 0 radical (unpaired) electrons. The molecule has 0 aliphatic rings. The first-order valence-electron chi connectivity index (χ1n) is 8.94. The molecule has 3 aromatic rings. The van der Waals surface area contributed by atoms with Crippen LogP contribution in [0.2, 0.25) is 5.02 Å². The number of nitrogens with one attached hydrogen (secondary N) is 1. The highest BCUT2D eigenvalue weighted by Gasteiger charge is 2.23. The zero-order valence-corrected chi connectivity index (χ0v) is 17.7. The van der Waals surface area contributed by atoms with Gasteiger partial charge < -0.3 is 14.8 Å². The number of hydrogen-bond acceptors (Lipinski definition) is 6. The maximum absolute atomic E-state index is 13.7. The predicted molar refractivity (Wildman–Crippen MR) is 113 cm³/mol. The molecule has 0 aliphatic carbocycles. The third-order valence-electron chi connectivity index (χ3n) is 3.99. The van der Waals surface area contributed by atoms with Gasteiger partial charge in [0.2, 0.25) is 0 Å². The van der Waals surface area contributed by atoms with Crippen molar-refractivity contribution in [3.63, 3.8) is 0 Å². The number of amides is 1. The van der Waals surface area contributed by atoms with E-state index >= 15 is 0 Å². The van der Waals surface area contributed by atoms with Gasteiger partial charge in [-0.05, 0) is 50.2 Å². The summed E-state index contributed by atoms with van der Waals surface area (Å²) in [6, 6.07) is 12.6. The number of thiazole rings is 1. The third-order valence-corrected chi connectivity index (χ3v) is 5.35. The van der Waals surface area contributed by atoms with E-state index in [2.05, 4.69) is 10.3 Å². The number of rotatable bonds is 7. The van der Waals surface area contributed by atoms with Crippen LogP contribution in [0.25, 0.3) is 0 Å². The summed E-state index contributed by atoms with van der Waals surface area (Å²) in [4.78, 5) is 29.3. The molecule has 1 N–H and O–H groups in total. The molecule has 0 spiro atoms. The number of aromatic nitrogens is 1. The van der Waals surface area contributed by atoms with Gasteiger partial charge in [-0.25, -0.2) is 14.2 Å². The highest BCUT2D eigenvalue weighted by molar-refractivity contribution is 7.13. The van der Waals surface area contributed by atoms with Crippen LogP contribution in [0.3, 0.4) is 0 Å². The average Bonchev–Trinajstić information content (AvgIpc) is 3.10. The molecule has 1 amide bonds. The van der Waals surface area contributed by atoms with Gasteiger partial charge in [-0.15, -0.1) is 11.3 Å². The lowest BCUT2D eigenvalue weighted by Crippen LogP contribution is -2.30. The van der Waals surface area contributed by atoms with Gasteiger partial charge in [0.05, 0.1) is 11.4 Å². The second-order valence-corrected chi connectivity index (χ2v) is 7.80. The summed E-state index contributed by atoms with van der Waals surface area (Å²) in [5, 5.41) is 3.58. The lowest BCUT2D eigenvalue weighted by molar-refractivity contribution is -0.123. The van der Waals surface area contributed by atoms with Gasteiger partial charge in [0.25, 0.3) is 5.91 Å². The molecule has 0 aliphatic heterocycles. The van der Waals surface area contributed by atoms with E-state index in [0.29, 0.717) is 21.5 Å². The molecule has 3 rings (SSSR count). The van der Waals surface area contributed by atoms with Crippen molar-refractivity contribution in [2.45, 2.75) is 26.6 Å². The Kier molecular flexibility index (Phi) is 7.02. The molecule has 156 valence electrons. The van der Waals surface area contributed by atoms with Gasteiger partial charge in [-0.3, -0.25) is 4.79 Å². The van der Waals surface area contributed by atoms with Crippen molar-refractivity contribution in [3.8, 4) is 5.75 Å². The Morgan fingerprint density at radius 3 is 2.60 bits per heavy atom. The summed E-state index contributed by atoms with van der Waals surface area (Å²) < 4.78 is 24.5. The number of halogens is 2. The van der Waals surface area contributed by atoms with Crippen molar-refractivity contribution in [3.05, 3.63) is 74.9 Å². The Labute approximate surface area is 181 Å². The molecule has 1 heterocycles.